The third kappa shape index (κ3) is 4.33. The van der Waals surface area contributed by atoms with Gasteiger partial charge in [-0.3, -0.25) is 0 Å². The second kappa shape index (κ2) is 7.91. The van der Waals surface area contributed by atoms with Crippen LogP contribution in [0.3, 0.4) is 0 Å². The van der Waals surface area contributed by atoms with Crippen LogP contribution in [0.1, 0.15) is 13.8 Å². The van der Waals surface area contributed by atoms with Crippen molar-refractivity contribution in [2.45, 2.75) is 13.8 Å². The zero-order chi connectivity index (χ0) is 19.4. The molecule has 2 aromatic rings. The Hall–Kier alpha value is -3.02. The minimum Gasteiger partial charge on any atom is -0.486 e. The highest BCUT2D eigenvalue weighted by molar-refractivity contribution is 5.88. The smallest absolute Gasteiger partial charge is 0.338 e. The lowest BCUT2D eigenvalue weighted by atomic mass is 10.0. The van der Waals surface area contributed by atoms with E-state index >= 15 is 0 Å². The van der Waals surface area contributed by atoms with E-state index in [0.29, 0.717) is 5.57 Å². The quantitative estimate of drug-likeness (QED) is 0.306. The highest BCUT2D eigenvalue weighted by Gasteiger charge is 2.19. The van der Waals surface area contributed by atoms with E-state index in [0.717, 1.165) is 6.07 Å². The summed E-state index contributed by atoms with van der Waals surface area (Å²) in [6.45, 7) is 10.2. The van der Waals surface area contributed by atoms with Crippen molar-refractivity contribution in [3.63, 3.8) is 0 Å². The first-order valence-corrected chi connectivity index (χ1v) is 7.63. The third-order valence-corrected chi connectivity index (χ3v) is 3.31. The van der Waals surface area contributed by atoms with Gasteiger partial charge in [-0.2, -0.15) is 4.39 Å². The van der Waals surface area contributed by atoms with Gasteiger partial charge in [-0.1, -0.05) is 13.2 Å². The van der Waals surface area contributed by atoms with Crippen LogP contribution in [0.2, 0.25) is 0 Å². The number of carbonyl (C=O) groups is 1. The van der Waals surface area contributed by atoms with Gasteiger partial charge in [0.25, 0.3) is 0 Å². The normalized spacial score (nSPS) is 10.3. The molecule has 6 heteroatoms. The lowest BCUT2D eigenvalue weighted by Crippen LogP contribution is -2.08. The monoisotopic (exact) mass is 362 g/mol. The fourth-order valence-electron chi connectivity index (χ4n) is 2.02. The SMILES string of the molecule is C=C(C)COc1ccc(-c2ccc(OC(=O)C(=C)C)cc2F)c(F)c1F. The Labute approximate surface area is 149 Å². The number of halogens is 3. The van der Waals surface area contributed by atoms with Crippen molar-refractivity contribution in [2.75, 3.05) is 6.61 Å². The Morgan fingerprint density at radius 2 is 1.65 bits per heavy atom. The molecular weight excluding hydrogens is 345 g/mol. The highest BCUT2D eigenvalue weighted by Crippen LogP contribution is 2.33. The van der Waals surface area contributed by atoms with Crippen LogP contribution in [0, 0.1) is 17.5 Å². The Kier molecular flexibility index (Phi) is 5.87. The van der Waals surface area contributed by atoms with E-state index in [9.17, 15) is 18.0 Å². The molecule has 0 atom stereocenters. The molecule has 0 unspecified atom stereocenters. The molecule has 26 heavy (non-hydrogen) atoms. The van der Waals surface area contributed by atoms with Crippen LogP contribution in [0.4, 0.5) is 13.2 Å². The van der Waals surface area contributed by atoms with Gasteiger partial charge in [0, 0.05) is 22.8 Å². The van der Waals surface area contributed by atoms with Crippen molar-refractivity contribution in [3.05, 3.63) is 72.1 Å². The largest absolute Gasteiger partial charge is 0.486 e. The molecule has 0 radical (unpaired) electrons. The van der Waals surface area contributed by atoms with Gasteiger partial charge < -0.3 is 9.47 Å². The van der Waals surface area contributed by atoms with Gasteiger partial charge in [0.05, 0.1) is 0 Å². The number of hydrogen-bond donors (Lipinski definition) is 0. The number of rotatable bonds is 6. The van der Waals surface area contributed by atoms with Crippen molar-refractivity contribution < 1.29 is 27.4 Å². The van der Waals surface area contributed by atoms with Crippen molar-refractivity contribution in [3.8, 4) is 22.6 Å². The molecule has 0 spiro atoms. The topological polar surface area (TPSA) is 35.5 Å². The Balaban J connectivity index is 2.33. The van der Waals surface area contributed by atoms with Crippen molar-refractivity contribution in [2.24, 2.45) is 0 Å². The van der Waals surface area contributed by atoms with Gasteiger partial charge in [0.15, 0.2) is 11.6 Å². The average Bonchev–Trinajstić information content (AvgIpc) is 2.57. The van der Waals surface area contributed by atoms with E-state index in [1.54, 1.807) is 6.92 Å². The Morgan fingerprint density at radius 3 is 2.23 bits per heavy atom. The standard InChI is InChI=1S/C20H17F3O3/c1-11(2)10-25-17-8-7-15(18(22)19(17)23)14-6-5-13(9-16(14)21)26-20(24)12(3)4/h5-9H,1,3,10H2,2,4H3. The first-order valence-electron chi connectivity index (χ1n) is 7.63. The predicted molar refractivity (Wildman–Crippen MR) is 92.5 cm³/mol. The van der Waals surface area contributed by atoms with Crippen LogP contribution in [0.15, 0.2) is 54.6 Å². The zero-order valence-electron chi connectivity index (χ0n) is 14.4. The van der Waals surface area contributed by atoms with Gasteiger partial charge in [0.1, 0.15) is 18.2 Å². The molecule has 136 valence electrons. The molecule has 0 heterocycles. The molecule has 0 aliphatic rings. The lowest BCUT2D eigenvalue weighted by Gasteiger charge is -2.12. The van der Waals surface area contributed by atoms with Crippen LogP contribution in [0.25, 0.3) is 11.1 Å². The fourth-order valence-corrected chi connectivity index (χ4v) is 2.02. The second-order valence-electron chi connectivity index (χ2n) is 5.80. The zero-order valence-corrected chi connectivity index (χ0v) is 14.4. The molecule has 2 aromatic carbocycles. The molecule has 0 amide bonds. The van der Waals surface area contributed by atoms with E-state index in [1.165, 1.54) is 31.2 Å². The van der Waals surface area contributed by atoms with Gasteiger partial charge in [0.2, 0.25) is 5.82 Å². The summed E-state index contributed by atoms with van der Waals surface area (Å²) in [6, 6.07) is 5.82. The summed E-state index contributed by atoms with van der Waals surface area (Å²) in [4.78, 5) is 11.5. The minimum absolute atomic E-state index is 0.0346. The molecule has 0 aromatic heterocycles. The number of esters is 1. The van der Waals surface area contributed by atoms with Crippen LogP contribution in [0.5, 0.6) is 11.5 Å². The number of carbonyl (C=O) groups excluding carboxylic acids is 1. The van der Waals surface area contributed by atoms with E-state index in [2.05, 4.69) is 13.2 Å². The van der Waals surface area contributed by atoms with Gasteiger partial charge in [-0.05, 0) is 43.7 Å². The molecule has 0 saturated heterocycles. The van der Waals surface area contributed by atoms with E-state index in [1.807, 2.05) is 0 Å². The fraction of sp³-hybridized carbons (Fsp3) is 0.150. The summed E-state index contributed by atoms with van der Waals surface area (Å²) in [5, 5.41) is 0. The molecule has 0 aliphatic heterocycles. The van der Waals surface area contributed by atoms with Crippen LogP contribution in [-0.4, -0.2) is 12.6 Å². The summed E-state index contributed by atoms with van der Waals surface area (Å²) in [5.41, 5.74) is 0.330. The molecule has 0 saturated carbocycles. The summed E-state index contributed by atoms with van der Waals surface area (Å²) in [5.74, 6) is -4.40. The first-order chi connectivity index (χ1) is 12.2. The number of ether oxygens (including phenoxy) is 2. The number of hydrogen-bond acceptors (Lipinski definition) is 3. The maximum Gasteiger partial charge on any atom is 0.338 e. The molecule has 3 nitrogen and oxygen atoms in total. The maximum absolute atomic E-state index is 14.3. The Bertz CT molecular complexity index is 888. The van der Waals surface area contributed by atoms with Crippen molar-refractivity contribution >= 4 is 5.97 Å². The van der Waals surface area contributed by atoms with Crippen LogP contribution >= 0.6 is 0 Å². The van der Waals surface area contributed by atoms with Gasteiger partial charge >= 0.3 is 5.97 Å². The van der Waals surface area contributed by atoms with Crippen molar-refractivity contribution in [1.29, 1.82) is 0 Å². The molecular formula is C20H17F3O3. The summed E-state index contributed by atoms with van der Waals surface area (Å²) >= 11 is 0. The third-order valence-electron chi connectivity index (χ3n) is 3.31. The maximum atomic E-state index is 14.3. The molecule has 0 fully saturated rings. The second-order valence-corrected chi connectivity index (χ2v) is 5.80. The van der Waals surface area contributed by atoms with E-state index < -0.39 is 23.4 Å². The number of benzene rings is 2. The summed E-state index contributed by atoms with van der Waals surface area (Å²) in [7, 11) is 0. The molecule has 0 N–H and O–H groups in total. The van der Waals surface area contributed by atoms with Gasteiger partial charge in [-0.15, -0.1) is 0 Å². The van der Waals surface area contributed by atoms with E-state index in [-0.39, 0.29) is 34.8 Å². The van der Waals surface area contributed by atoms with E-state index in [4.69, 9.17) is 9.47 Å². The minimum atomic E-state index is -1.24. The summed E-state index contributed by atoms with van der Waals surface area (Å²) < 4.78 is 52.8. The lowest BCUT2D eigenvalue weighted by molar-refractivity contribution is -0.130. The van der Waals surface area contributed by atoms with Gasteiger partial charge in [-0.25, -0.2) is 13.6 Å². The summed E-state index contributed by atoms with van der Waals surface area (Å²) in [6.07, 6.45) is 0. The molecule has 0 aliphatic carbocycles. The van der Waals surface area contributed by atoms with Crippen LogP contribution in [-0.2, 0) is 4.79 Å². The highest BCUT2D eigenvalue weighted by atomic mass is 19.2. The van der Waals surface area contributed by atoms with Crippen molar-refractivity contribution in [1.82, 2.24) is 0 Å². The average molecular weight is 362 g/mol. The first kappa shape index (κ1) is 19.3. The molecule has 0 bridgehead atoms. The molecule has 2 rings (SSSR count). The Morgan fingerprint density at radius 1 is 1.00 bits per heavy atom. The predicted octanol–water partition coefficient (Wildman–Crippen LogP) is 5.21. The van der Waals surface area contributed by atoms with Crippen LogP contribution < -0.4 is 9.47 Å².